The van der Waals surface area contributed by atoms with Crippen LogP contribution in [0.5, 0.6) is 0 Å². The van der Waals surface area contributed by atoms with Crippen LogP contribution in [0, 0.1) is 0 Å². The second-order valence-electron chi connectivity index (χ2n) is 19.6. The number of nitrogen functional groups attached to an aromatic ring is 2. The maximum Gasteiger partial charge on any atom is 0.494 e. The van der Waals surface area contributed by atoms with Crippen molar-refractivity contribution in [2.24, 2.45) is 0 Å². The zero-order chi connectivity index (χ0) is 51.0. The molecule has 4 N–H and O–H groups in total. The molecule has 12 aromatic rings. The van der Waals surface area contributed by atoms with Crippen LogP contribution in [-0.2, 0) is 9.31 Å². The summed E-state index contributed by atoms with van der Waals surface area (Å²) < 4.78 is 25.9. The van der Waals surface area contributed by atoms with E-state index in [9.17, 15) is 0 Å². The smallest absolute Gasteiger partial charge is 0.455 e. The molecule has 2 aromatic heterocycles. The average molecular weight is 1030 g/mol. The minimum absolute atomic E-state index is 0.293. The van der Waals surface area contributed by atoms with E-state index in [2.05, 4.69) is 192 Å². The SMILES string of the molecule is Brc1cccc(-c2cccc3c2oc2c(-c4ccccc4)cccc23)c1.CC1(C)OB(c2ccc(N)cc2)OC1(C)C.Nc1ccc(-c2cccc(-c3cccc4c3oc3c(-c5ccccc5)cccc34)c2)cc1. The summed E-state index contributed by atoms with van der Waals surface area (Å²) in [7, 11) is -0.300. The number of halogens is 1. The van der Waals surface area contributed by atoms with Gasteiger partial charge in [0.2, 0.25) is 0 Å². The molecule has 13 rings (SSSR count). The van der Waals surface area contributed by atoms with E-state index >= 15 is 0 Å². The van der Waals surface area contributed by atoms with Crippen molar-refractivity contribution in [2.75, 3.05) is 11.5 Å². The molecular formula is C66H54BBrN2O4. The lowest BCUT2D eigenvalue weighted by molar-refractivity contribution is 0.00578. The number of hydrogen-bond donors (Lipinski definition) is 2. The Morgan fingerprint density at radius 3 is 1.12 bits per heavy atom. The number of rotatable bonds is 6. The van der Waals surface area contributed by atoms with Crippen LogP contribution in [-0.4, -0.2) is 18.3 Å². The Hall–Kier alpha value is -8.14. The number of nitrogens with two attached hydrogens (primary N) is 2. The highest BCUT2D eigenvalue weighted by Crippen LogP contribution is 2.42. The van der Waals surface area contributed by atoms with Gasteiger partial charge in [0.25, 0.3) is 0 Å². The molecule has 0 atom stereocenters. The van der Waals surface area contributed by atoms with Gasteiger partial charge in [-0.1, -0.05) is 204 Å². The van der Waals surface area contributed by atoms with Gasteiger partial charge in [0.1, 0.15) is 22.3 Å². The molecule has 1 saturated heterocycles. The summed E-state index contributed by atoms with van der Waals surface area (Å²) in [6, 6.07) is 78.8. The Balaban J connectivity index is 0.000000126. The van der Waals surface area contributed by atoms with Crippen LogP contribution in [0.3, 0.4) is 0 Å². The third-order valence-electron chi connectivity index (χ3n) is 14.2. The molecule has 0 saturated carbocycles. The van der Waals surface area contributed by atoms with E-state index in [1.165, 1.54) is 5.56 Å². The summed E-state index contributed by atoms with van der Waals surface area (Å²) in [4.78, 5) is 0. The van der Waals surface area contributed by atoms with Crippen LogP contribution in [0.4, 0.5) is 11.4 Å². The molecule has 3 heterocycles. The van der Waals surface area contributed by atoms with E-state index in [-0.39, 0.29) is 18.3 Å². The van der Waals surface area contributed by atoms with E-state index in [0.717, 1.165) is 115 Å². The topological polar surface area (TPSA) is 96.8 Å². The Kier molecular flexibility index (Phi) is 13.0. The number of fused-ring (bicyclic) bond motifs is 6. The molecule has 0 radical (unpaired) electrons. The van der Waals surface area contributed by atoms with E-state index in [0.29, 0.717) is 0 Å². The zero-order valence-corrected chi connectivity index (χ0v) is 43.3. The zero-order valence-electron chi connectivity index (χ0n) is 41.7. The van der Waals surface area contributed by atoms with Gasteiger partial charge in [-0.15, -0.1) is 0 Å². The number of para-hydroxylation sites is 4. The van der Waals surface area contributed by atoms with E-state index < -0.39 is 0 Å². The molecule has 1 aliphatic heterocycles. The van der Waals surface area contributed by atoms with Crippen molar-refractivity contribution in [1.29, 1.82) is 0 Å². The highest BCUT2D eigenvalue weighted by molar-refractivity contribution is 9.10. The summed E-state index contributed by atoms with van der Waals surface area (Å²) in [6.07, 6.45) is 0. The van der Waals surface area contributed by atoms with Crippen LogP contribution in [0.15, 0.2) is 244 Å². The summed E-state index contributed by atoms with van der Waals surface area (Å²) in [5, 5.41) is 4.57. The van der Waals surface area contributed by atoms with Gasteiger partial charge >= 0.3 is 7.12 Å². The first kappa shape index (κ1) is 48.1. The van der Waals surface area contributed by atoms with Crippen LogP contribution < -0.4 is 16.9 Å². The predicted octanol–water partition coefficient (Wildman–Crippen LogP) is 17.4. The summed E-state index contributed by atoms with van der Waals surface area (Å²) in [5.74, 6) is 0. The van der Waals surface area contributed by atoms with Crippen LogP contribution in [0.2, 0.25) is 0 Å². The van der Waals surface area contributed by atoms with Crippen molar-refractivity contribution in [1.82, 2.24) is 0 Å². The first-order valence-corrected chi connectivity index (χ1v) is 25.6. The Labute approximate surface area is 440 Å². The molecule has 0 amide bonds. The highest BCUT2D eigenvalue weighted by atomic mass is 79.9. The molecule has 8 heteroatoms. The van der Waals surface area contributed by atoms with Gasteiger partial charge in [0, 0.05) is 59.6 Å². The molecule has 1 fully saturated rings. The van der Waals surface area contributed by atoms with Crippen molar-refractivity contribution in [3.63, 3.8) is 0 Å². The Morgan fingerprint density at radius 1 is 0.338 bits per heavy atom. The van der Waals surface area contributed by atoms with Gasteiger partial charge in [-0.05, 0) is 109 Å². The van der Waals surface area contributed by atoms with Crippen molar-refractivity contribution < 1.29 is 18.1 Å². The normalized spacial score (nSPS) is 13.7. The Bertz CT molecular complexity index is 3930. The third kappa shape index (κ3) is 9.52. The Morgan fingerprint density at radius 2 is 0.689 bits per heavy atom. The van der Waals surface area contributed by atoms with Gasteiger partial charge in [0.15, 0.2) is 0 Å². The van der Waals surface area contributed by atoms with Gasteiger partial charge in [-0.2, -0.15) is 0 Å². The summed E-state index contributed by atoms with van der Waals surface area (Å²) in [6.45, 7) is 8.18. The first-order chi connectivity index (χ1) is 35.9. The molecule has 0 spiro atoms. The maximum atomic E-state index is 6.57. The molecule has 0 bridgehead atoms. The number of anilines is 2. The molecule has 6 nitrogen and oxygen atoms in total. The lowest BCUT2D eigenvalue weighted by Gasteiger charge is -2.32. The van der Waals surface area contributed by atoms with Crippen molar-refractivity contribution in [3.8, 4) is 55.6 Å². The second-order valence-corrected chi connectivity index (χ2v) is 20.5. The van der Waals surface area contributed by atoms with Gasteiger partial charge in [-0.3, -0.25) is 0 Å². The summed E-state index contributed by atoms with van der Waals surface area (Å²) in [5.41, 5.74) is 28.5. The van der Waals surface area contributed by atoms with Crippen molar-refractivity contribution in [3.05, 3.63) is 235 Å². The number of benzene rings is 10. The molecule has 10 aromatic carbocycles. The van der Waals surface area contributed by atoms with E-state index in [1.54, 1.807) is 0 Å². The summed E-state index contributed by atoms with van der Waals surface area (Å²) >= 11 is 3.57. The van der Waals surface area contributed by atoms with E-state index in [4.69, 9.17) is 29.6 Å². The fourth-order valence-electron chi connectivity index (χ4n) is 9.62. The van der Waals surface area contributed by atoms with Gasteiger partial charge in [-0.25, -0.2) is 0 Å². The molecule has 74 heavy (non-hydrogen) atoms. The molecular weight excluding hydrogens is 975 g/mol. The molecule has 0 unspecified atom stereocenters. The quantitative estimate of drug-likeness (QED) is 0.127. The average Bonchev–Trinajstić information content (AvgIpc) is 4.08. The number of furan rings is 2. The first-order valence-electron chi connectivity index (χ1n) is 24.8. The third-order valence-corrected chi connectivity index (χ3v) is 14.7. The largest absolute Gasteiger partial charge is 0.494 e. The van der Waals surface area contributed by atoms with Gasteiger partial charge < -0.3 is 29.6 Å². The fourth-order valence-corrected chi connectivity index (χ4v) is 10.0. The van der Waals surface area contributed by atoms with Crippen LogP contribution >= 0.6 is 15.9 Å². The van der Waals surface area contributed by atoms with E-state index in [1.807, 2.05) is 82.3 Å². The maximum absolute atomic E-state index is 6.57. The predicted molar refractivity (Wildman–Crippen MR) is 313 cm³/mol. The lowest BCUT2D eigenvalue weighted by Crippen LogP contribution is -2.41. The fraction of sp³-hybridized carbons (Fsp3) is 0.0909. The minimum atomic E-state index is -0.300. The van der Waals surface area contributed by atoms with Crippen LogP contribution in [0.1, 0.15) is 27.7 Å². The van der Waals surface area contributed by atoms with Crippen molar-refractivity contribution >= 4 is 83.8 Å². The van der Waals surface area contributed by atoms with Gasteiger partial charge in [0.05, 0.1) is 11.2 Å². The van der Waals surface area contributed by atoms with Crippen LogP contribution in [0.25, 0.3) is 99.5 Å². The molecule has 362 valence electrons. The second kappa shape index (κ2) is 20.1. The molecule has 1 aliphatic rings. The monoisotopic (exact) mass is 1030 g/mol. The highest BCUT2D eigenvalue weighted by Gasteiger charge is 2.51. The molecule has 0 aliphatic carbocycles. The standard InChI is InChI=1S/C30H21NO.C24H15BrO.C12H18BNO2/c31-24-17-15-20(16-18-24)22-9-4-10-23(19-22)26-12-6-14-28-27-13-5-11-25(29(27)32-30(26)28)21-7-2-1-3-8-21;25-18-10-4-9-17(15-18)20-12-6-14-22-21-13-5-11-19(23(21)26-24(20)22)16-7-2-1-3-8-16;1-11(2)12(3,4)16-13(15-11)9-5-7-10(14)8-6-9/h1-19H,31H2;1-15H;5-8H,14H2,1-4H3. The van der Waals surface area contributed by atoms with Crippen molar-refractivity contribution in [2.45, 2.75) is 38.9 Å². The number of hydrogen-bond acceptors (Lipinski definition) is 6. The minimum Gasteiger partial charge on any atom is -0.455 e. The lowest BCUT2D eigenvalue weighted by atomic mass is 9.79.